The predicted molar refractivity (Wildman–Crippen MR) is 89.6 cm³/mol. The van der Waals surface area contributed by atoms with Gasteiger partial charge in [0.25, 0.3) is 11.5 Å². The molecule has 1 heterocycles. The van der Waals surface area contributed by atoms with Crippen LogP contribution >= 0.6 is 0 Å². The van der Waals surface area contributed by atoms with Gasteiger partial charge in [-0.05, 0) is 18.9 Å². The van der Waals surface area contributed by atoms with Crippen molar-refractivity contribution in [3.05, 3.63) is 40.3 Å². The zero-order chi connectivity index (χ0) is 18.6. The number of H-pyrrole nitrogens is 1. The summed E-state index contributed by atoms with van der Waals surface area (Å²) >= 11 is 0. The molecule has 0 bridgehead atoms. The molecule has 1 atom stereocenters. The Labute approximate surface area is 143 Å². The summed E-state index contributed by atoms with van der Waals surface area (Å²) in [6.45, 7) is 4.63. The van der Waals surface area contributed by atoms with E-state index in [9.17, 15) is 19.6 Å². The van der Waals surface area contributed by atoms with Crippen LogP contribution in [0.5, 0.6) is 0 Å². The fraction of sp³-hybridized carbons (Fsp3) is 0.353. The summed E-state index contributed by atoms with van der Waals surface area (Å²) in [6.07, 6.45) is 0. The fourth-order valence-electron chi connectivity index (χ4n) is 2.10. The highest BCUT2D eigenvalue weighted by molar-refractivity contribution is 6.02. The van der Waals surface area contributed by atoms with E-state index >= 15 is 0 Å². The van der Waals surface area contributed by atoms with E-state index in [1.165, 1.54) is 0 Å². The standard InChI is InChI=1S/C17H18N4O4/c1-10(2)17(3,9-18)19-13(22)8-25-16(24)14-11-6-4-5-7-12(11)15(23)21-20-14/h4-7,10H,8H2,1-3H3,(H,19,22)(H,21,23)/t17-/m0/s1. The van der Waals surface area contributed by atoms with Gasteiger partial charge in [0, 0.05) is 5.39 Å². The van der Waals surface area contributed by atoms with Crippen LogP contribution in [-0.4, -0.2) is 34.2 Å². The van der Waals surface area contributed by atoms with Crippen LogP contribution < -0.4 is 10.9 Å². The van der Waals surface area contributed by atoms with E-state index in [1.54, 1.807) is 45.0 Å². The molecule has 0 spiro atoms. The summed E-state index contributed by atoms with van der Waals surface area (Å²) in [5.74, 6) is -1.56. The molecule has 2 aromatic rings. The Balaban J connectivity index is 2.12. The highest BCUT2D eigenvalue weighted by atomic mass is 16.5. The molecule has 0 fully saturated rings. The average Bonchev–Trinajstić information content (AvgIpc) is 2.60. The van der Waals surface area contributed by atoms with Crippen molar-refractivity contribution in [2.24, 2.45) is 5.92 Å². The molecule has 0 saturated heterocycles. The second-order valence-electron chi connectivity index (χ2n) is 6.04. The lowest BCUT2D eigenvalue weighted by Gasteiger charge is -2.27. The number of nitriles is 1. The van der Waals surface area contributed by atoms with Gasteiger partial charge in [-0.3, -0.25) is 9.59 Å². The molecule has 130 valence electrons. The van der Waals surface area contributed by atoms with Gasteiger partial charge in [-0.2, -0.15) is 10.4 Å². The number of fused-ring (bicyclic) bond motifs is 1. The topological polar surface area (TPSA) is 125 Å². The molecule has 0 unspecified atom stereocenters. The minimum atomic E-state index is -1.06. The second kappa shape index (κ2) is 7.13. The largest absolute Gasteiger partial charge is 0.451 e. The number of benzene rings is 1. The Morgan fingerprint density at radius 2 is 2.00 bits per heavy atom. The number of amides is 1. The van der Waals surface area contributed by atoms with E-state index < -0.39 is 29.6 Å². The van der Waals surface area contributed by atoms with Gasteiger partial charge in [-0.25, -0.2) is 9.89 Å². The first-order chi connectivity index (χ1) is 11.8. The molecule has 0 saturated carbocycles. The van der Waals surface area contributed by atoms with Gasteiger partial charge in [-0.15, -0.1) is 0 Å². The number of esters is 1. The molecular weight excluding hydrogens is 324 g/mol. The van der Waals surface area contributed by atoms with Gasteiger partial charge in [0.05, 0.1) is 11.5 Å². The molecule has 25 heavy (non-hydrogen) atoms. The van der Waals surface area contributed by atoms with Crippen molar-refractivity contribution in [2.75, 3.05) is 6.61 Å². The minimum absolute atomic E-state index is 0.0881. The number of carbonyl (C=O) groups is 2. The number of nitrogens with zero attached hydrogens (tertiary/aromatic N) is 2. The average molecular weight is 342 g/mol. The number of hydrogen-bond acceptors (Lipinski definition) is 6. The predicted octanol–water partition coefficient (Wildman–Crippen LogP) is 1.13. The number of aromatic nitrogens is 2. The summed E-state index contributed by atoms with van der Waals surface area (Å²) < 4.78 is 4.96. The molecule has 8 heteroatoms. The van der Waals surface area contributed by atoms with E-state index in [1.807, 2.05) is 6.07 Å². The maximum Gasteiger partial charge on any atom is 0.359 e. The summed E-state index contributed by atoms with van der Waals surface area (Å²) in [5, 5.41) is 18.3. The molecule has 8 nitrogen and oxygen atoms in total. The van der Waals surface area contributed by atoms with Crippen LogP contribution in [0.2, 0.25) is 0 Å². The summed E-state index contributed by atoms with van der Waals surface area (Å²) in [4.78, 5) is 35.9. The van der Waals surface area contributed by atoms with Gasteiger partial charge in [0.1, 0.15) is 5.54 Å². The first-order valence-corrected chi connectivity index (χ1v) is 7.65. The maximum absolute atomic E-state index is 12.2. The summed E-state index contributed by atoms with van der Waals surface area (Å²) in [5.41, 5.74) is -1.58. The van der Waals surface area contributed by atoms with Crippen LogP contribution in [-0.2, 0) is 9.53 Å². The molecule has 2 rings (SSSR count). The number of nitrogens with one attached hydrogen (secondary N) is 2. The van der Waals surface area contributed by atoms with Crippen molar-refractivity contribution in [3.8, 4) is 6.07 Å². The number of carbonyl (C=O) groups excluding carboxylic acids is 2. The van der Waals surface area contributed by atoms with E-state index in [4.69, 9.17) is 4.74 Å². The molecular formula is C17H18N4O4. The normalized spacial score (nSPS) is 13.1. The Hall–Kier alpha value is -3.21. The Kier molecular flexibility index (Phi) is 5.17. The fourth-order valence-corrected chi connectivity index (χ4v) is 2.10. The van der Waals surface area contributed by atoms with Crippen LogP contribution in [0.3, 0.4) is 0 Å². The zero-order valence-electron chi connectivity index (χ0n) is 14.1. The second-order valence-corrected chi connectivity index (χ2v) is 6.04. The lowest BCUT2D eigenvalue weighted by molar-refractivity contribution is -0.125. The Morgan fingerprint density at radius 1 is 1.36 bits per heavy atom. The molecule has 1 amide bonds. The lowest BCUT2D eigenvalue weighted by atomic mass is 9.90. The van der Waals surface area contributed by atoms with E-state index in [0.717, 1.165) is 0 Å². The van der Waals surface area contributed by atoms with Crippen molar-refractivity contribution in [1.29, 1.82) is 5.26 Å². The molecule has 0 aliphatic rings. The SMILES string of the molecule is CC(C)[C@](C)(C#N)NC(=O)COC(=O)c1n[nH]c(=O)c2ccccc12. The molecule has 0 aliphatic carbocycles. The highest BCUT2D eigenvalue weighted by Gasteiger charge is 2.30. The highest BCUT2D eigenvalue weighted by Crippen LogP contribution is 2.15. The van der Waals surface area contributed by atoms with E-state index in [-0.39, 0.29) is 11.6 Å². The van der Waals surface area contributed by atoms with Crippen molar-refractivity contribution >= 4 is 22.6 Å². The van der Waals surface area contributed by atoms with Crippen LogP contribution in [0, 0.1) is 17.2 Å². The van der Waals surface area contributed by atoms with Gasteiger partial charge < -0.3 is 10.1 Å². The van der Waals surface area contributed by atoms with Crippen molar-refractivity contribution in [1.82, 2.24) is 15.5 Å². The maximum atomic E-state index is 12.2. The van der Waals surface area contributed by atoms with Gasteiger partial charge in [0.2, 0.25) is 0 Å². The number of aromatic amines is 1. The summed E-state index contributed by atoms with van der Waals surface area (Å²) in [6, 6.07) is 8.48. The van der Waals surface area contributed by atoms with Crippen LogP contribution in [0.4, 0.5) is 0 Å². The molecule has 2 N–H and O–H groups in total. The van der Waals surface area contributed by atoms with Crippen molar-refractivity contribution in [2.45, 2.75) is 26.3 Å². The molecule has 0 aliphatic heterocycles. The summed E-state index contributed by atoms with van der Waals surface area (Å²) in [7, 11) is 0. The first kappa shape index (κ1) is 18.1. The van der Waals surface area contributed by atoms with Crippen molar-refractivity contribution < 1.29 is 14.3 Å². The van der Waals surface area contributed by atoms with Crippen LogP contribution in [0.1, 0.15) is 31.3 Å². The number of ether oxygens (including phenoxy) is 1. The lowest BCUT2D eigenvalue weighted by Crippen LogP contribution is -2.50. The van der Waals surface area contributed by atoms with Gasteiger partial charge in [-0.1, -0.05) is 32.0 Å². The smallest absolute Gasteiger partial charge is 0.359 e. The zero-order valence-corrected chi connectivity index (χ0v) is 14.1. The monoisotopic (exact) mass is 342 g/mol. The van der Waals surface area contributed by atoms with Gasteiger partial charge in [0.15, 0.2) is 12.3 Å². The van der Waals surface area contributed by atoms with E-state index in [2.05, 4.69) is 15.5 Å². The Morgan fingerprint density at radius 3 is 2.60 bits per heavy atom. The third-order valence-corrected chi connectivity index (χ3v) is 4.01. The van der Waals surface area contributed by atoms with Crippen molar-refractivity contribution in [3.63, 3.8) is 0 Å². The number of hydrogen-bond donors (Lipinski definition) is 2. The quantitative estimate of drug-likeness (QED) is 0.785. The van der Waals surface area contributed by atoms with Crippen LogP contribution in [0.15, 0.2) is 29.1 Å². The third-order valence-electron chi connectivity index (χ3n) is 4.01. The van der Waals surface area contributed by atoms with Gasteiger partial charge >= 0.3 is 5.97 Å². The molecule has 1 aromatic carbocycles. The minimum Gasteiger partial charge on any atom is -0.451 e. The van der Waals surface area contributed by atoms with Crippen LogP contribution in [0.25, 0.3) is 10.8 Å². The Bertz CT molecular complexity index is 913. The first-order valence-electron chi connectivity index (χ1n) is 7.65. The number of rotatable bonds is 5. The molecule has 1 aromatic heterocycles. The third kappa shape index (κ3) is 3.83. The van der Waals surface area contributed by atoms with E-state index in [0.29, 0.717) is 10.8 Å². The molecule has 0 radical (unpaired) electrons.